The summed E-state index contributed by atoms with van der Waals surface area (Å²) in [5.74, 6) is -2.57. The van der Waals surface area contributed by atoms with E-state index < -0.39 is 52.2 Å². The molecule has 4 aliphatic rings. The maximum Gasteiger partial charge on any atom is 0.417 e. The third kappa shape index (κ3) is 5.79. The van der Waals surface area contributed by atoms with Gasteiger partial charge in [0.15, 0.2) is 5.82 Å². The van der Waals surface area contributed by atoms with Crippen LogP contribution in [-0.2, 0) is 15.7 Å². The number of alkyl halides is 4. The summed E-state index contributed by atoms with van der Waals surface area (Å²) < 4.78 is 104. The van der Waals surface area contributed by atoms with Crippen molar-refractivity contribution in [3.05, 3.63) is 41.0 Å². The van der Waals surface area contributed by atoms with E-state index in [1.165, 1.54) is 0 Å². The minimum absolute atomic E-state index is 0.0242. The maximum absolute atomic E-state index is 17.3. The van der Waals surface area contributed by atoms with Crippen LogP contribution in [0.3, 0.4) is 0 Å². The number of ether oxygens (including phenoxy) is 2. The number of anilines is 2. The normalized spacial score (nSPS) is 24.6. The zero-order valence-corrected chi connectivity index (χ0v) is 30.3. The van der Waals surface area contributed by atoms with Gasteiger partial charge in [0.1, 0.15) is 41.0 Å². The fraction of sp³-hybridized carbons (Fsp3) is 0.514. The Labute approximate surface area is 310 Å². The molecule has 4 unspecified atom stereocenters. The lowest BCUT2D eigenvalue weighted by Gasteiger charge is -2.36. The summed E-state index contributed by atoms with van der Waals surface area (Å²) in [4.78, 5) is 27.8. The van der Waals surface area contributed by atoms with E-state index >= 15 is 22.0 Å². The van der Waals surface area contributed by atoms with Crippen molar-refractivity contribution in [3.8, 4) is 23.2 Å². The van der Waals surface area contributed by atoms with Crippen molar-refractivity contribution in [1.82, 2.24) is 19.8 Å². The summed E-state index contributed by atoms with van der Waals surface area (Å²) in [5, 5.41) is 9.27. The minimum atomic E-state index is -5.13. The number of nitrogens with two attached hydrogens (primary N) is 1. The largest absolute Gasteiger partial charge is 0.461 e. The highest BCUT2D eigenvalue weighted by molar-refractivity contribution is 7.23. The predicted octanol–water partition coefficient (Wildman–Crippen LogP) is 6.68. The lowest BCUT2D eigenvalue weighted by Crippen LogP contribution is -2.50. The molecule has 1 amide bonds. The van der Waals surface area contributed by atoms with Crippen molar-refractivity contribution in [2.24, 2.45) is 5.92 Å². The molecule has 17 heteroatoms. The van der Waals surface area contributed by atoms with E-state index in [0.29, 0.717) is 50.5 Å². The molecule has 2 aromatic heterocycles. The van der Waals surface area contributed by atoms with E-state index in [2.05, 4.69) is 9.97 Å². The number of hydrogen-bond donors (Lipinski definition) is 1. The first-order valence-corrected chi connectivity index (χ1v) is 18.8. The molecule has 0 aliphatic carbocycles. The van der Waals surface area contributed by atoms with Gasteiger partial charge < -0.3 is 25.0 Å². The smallest absolute Gasteiger partial charge is 0.417 e. The van der Waals surface area contributed by atoms with Gasteiger partial charge in [0.25, 0.3) is 0 Å². The molecule has 2 aromatic carbocycles. The molecule has 4 fully saturated rings. The van der Waals surface area contributed by atoms with E-state index in [-0.39, 0.29) is 87.4 Å². The SMILES string of the molecule is CCN(c1nc(OCC23CCCN2CC(F)C3)nc2c(F)c(-c3ccc(F)c4sc(N)c(C#N)c34)c(C(F)(F)F)cc12)C1CCN(C(=O)C2COC2)C1C. The van der Waals surface area contributed by atoms with Gasteiger partial charge in [0, 0.05) is 48.4 Å². The molecule has 8 rings (SSSR count). The molecule has 0 saturated carbocycles. The first-order valence-electron chi connectivity index (χ1n) is 18.0. The summed E-state index contributed by atoms with van der Waals surface area (Å²) in [6.07, 6.45) is -4.02. The summed E-state index contributed by atoms with van der Waals surface area (Å²) in [6.45, 7) is 5.81. The molecular weight excluding hydrogens is 737 g/mol. The topological polar surface area (TPSA) is 121 Å². The van der Waals surface area contributed by atoms with Crippen LogP contribution >= 0.6 is 11.3 Å². The molecule has 4 atom stereocenters. The minimum Gasteiger partial charge on any atom is -0.461 e. The van der Waals surface area contributed by atoms with Crippen LogP contribution < -0.4 is 15.4 Å². The predicted molar refractivity (Wildman–Crippen MR) is 190 cm³/mol. The molecule has 4 aromatic rings. The Kier molecular flexibility index (Phi) is 9.08. The van der Waals surface area contributed by atoms with Crippen molar-refractivity contribution >= 4 is 49.1 Å². The molecule has 4 saturated heterocycles. The second kappa shape index (κ2) is 13.4. The summed E-state index contributed by atoms with van der Waals surface area (Å²) in [5.41, 5.74) is 1.90. The Morgan fingerprint density at radius 3 is 2.70 bits per heavy atom. The van der Waals surface area contributed by atoms with Crippen molar-refractivity contribution < 1.29 is 40.6 Å². The number of halogens is 6. The number of carbonyl (C=O) groups is 1. The van der Waals surface area contributed by atoms with Crippen LogP contribution in [0.5, 0.6) is 6.01 Å². The third-order valence-corrected chi connectivity index (χ3v) is 12.7. The Morgan fingerprint density at radius 1 is 1.24 bits per heavy atom. The molecular formula is C37H37F6N7O3S. The number of likely N-dealkylation sites (N-methyl/N-ethyl adjacent to an activating group) is 1. The second-order valence-electron chi connectivity index (χ2n) is 14.6. The van der Waals surface area contributed by atoms with Gasteiger partial charge >= 0.3 is 12.2 Å². The van der Waals surface area contributed by atoms with Gasteiger partial charge in [0.05, 0.1) is 46.5 Å². The number of nitriles is 1. The molecule has 0 bridgehead atoms. The highest BCUT2D eigenvalue weighted by atomic mass is 32.1. The van der Waals surface area contributed by atoms with Crippen molar-refractivity contribution in [3.63, 3.8) is 0 Å². The number of nitrogens with zero attached hydrogens (tertiary/aromatic N) is 6. The van der Waals surface area contributed by atoms with Crippen LogP contribution in [0.1, 0.15) is 50.7 Å². The summed E-state index contributed by atoms with van der Waals surface area (Å²) in [6, 6.07) is 3.42. The van der Waals surface area contributed by atoms with E-state index in [9.17, 15) is 14.4 Å². The Balaban J connectivity index is 1.32. The molecule has 2 N–H and O–H groups in total. The Hall–Kier alpha value is -4.40. The molecule has 0 radical (unpaired) electrons. The third-order valence-electron chi connectivity index (χ3n) is 11.6. The number of benzene rings is 2. The van der Waals surface area contributed by atoms with Gasteiger partial charge in [-0.05, 0) is 57.4 Å². The van der Waals surface area contributed by atoms with Gasteiger partial charge in [-0.25, -0.2) is 13.2 Å². The zero-order chi connectivity index (χ0) is 38.3. The number of nitrogen functional groups attached to an aromatic ring is 1. The first kappa shape index (κ1) is 36.6. The first-order chi connectivity index (χ1) is 25.8. The maximum atomic E-state index is 17.3. The quantitative estimate of drug-likeness (QED) is 0.196. The van der Waals surface area contributed by atoms with Gasteiger partial charge in [0.2, 0.25) is 5.91 Å². The number of aromatic nitrogens is 2. The highest BCUT2D eigenvalue weighted by Gasteiger charge is 2.50. The summed E-state index contributed by atoms with van der Waals surface area (Å²) in [7, 11) is 0. The van der Waals surface area contributed by atoms with Crippen LogP contribution in [0.2, 0.25) is 0 Å². The Bertz CT molecular complexity index is 2210. The molecule has 286 valence electrons. The molecule has 4 aliphatic heterocycles. The van der Waals surface area contributed by atoms with Crippen LogP contribution in [0, 0.1) is 28.9 Å². The summed E-state index contributed by atoms with van der Waals surface area (Å²) >= 11 is 0.681. The zero-order valence-electron chi connectivity index (χ0n) is 29.5. The molecule has 6 heterocycles. The van der Waals surface area contributed by atoms with Crippen LogP contribution in [0.15, 0.2) is 18.2 Å². The van der Waals surface area contributed by atoms with Crippen LogP contribution in [-0.4, -0.2) is 95.5 Å². The number of fused-ring (bicyclic) bond motifs is 3. The van der Waals surface area contributed by atoms with Crippen LogP contribution in [0.25, 0.3) is 32.1 Å². The lowest BCUT2D eigenvalue weighted by atomic mass is 9.92. The van der Waals surface area contributed by atoms with Crippen LogP contribution in [0.4, 0.5) is 37.2 Å². The number of amides is 1. The fourth-order valence-electron chi connectivity index (χ4n) is 8.92. The number of carbonyl (C=O) groups excluding carboxylic acids is 1. The van der Waals surface area contributed by atoms with Gasteiger partial charge in [-0.2, -0.15) is 28.4 Å². The molecule has 0 spiro atoms. The molecule has 10 nitrogen and oxygen atoms in total. The molecule has 54 heavy (non-hydrogen) atoms. The van der Waals surface area contributed by atoms with Crippen molar-refractivity contribution in [2.45, 2.75) is 69.5 Å². The van der Waals surface area contributed by atoms with Gasteiger partial charge in [-0.15, -0.1) is 11.3 Å². The van der Waals surface area contributed by atoms with Gasteiger partial charge in [-0.1, -0.05) is 6.07 Å². The standard InChI is InChI=1S/C37H37F6N7O3S/c1-3-49(26-7-10-50(18(26)2)34(51)19-15-52-16-19)33-22-11-24(37(41,42)43)28(21-5-6-25(39)31-27(21)23(13-44)32(45)54-31)29(40)30(22)46-35(47-33)53-17-36-8-4-9-48(36)14-20(38)12-36/h5-6,11,18-20,26H,3-4,7-10,12,14-17,45H2,1-2H3. The van der Waals surface area contributed by atoms with Gasteiger partial charge in [-0.3, -0.25) is 9.69 Å². The fourth-order valence-corrected chi connectivity index (χ4v) is 9.87. The number of rotatable bonds is 8. The van der Waals surface area contributed by atoms with E-state index in [1.54, 1.807) is 16.7 Å². The number of thiophene rings is 1. The monoisotopic (exact) mass is 773 g/mol. The number of hydrogen-bond acceptors (Lipinski definition) is 10. The van der Waals surface area contributed by atoms with Crippen molar-refractivity contribution in [2.75, 3.05) is 56.6 Å². The highest BCUT2D eigenvalue weighted by Crippen LogP contribution is 2.49. The van der Waals surface area contributed by atoms with E-state index in [4.69, 9.17) is 15.2 Å². The average molecular weight is 774 g/mol. The van der Waals surface area contributed by atoms with E-state index in [1.807, 2.05) is 17.9 Å². The average Bonchev–Trinajstić information content (AvgIpc) is 3.84. The second-order valence-corrected chi connectivity index (χ2v) is 15.7. The Morgan fingerprint density at radius 2 is 2.02 bits per heavy atom. The van der Waals surface area contributed by atoms with E-state index in [0.717, 1.165) is 24.6 Å². The number of likely N-dealkylation sites (tertiary alicyclic amines) is 1. The van der Waals surface area contributed by atoms with Crippen molar-refractivity contribution in [1.29, 1.82) is 5.26 Å². The lowest BCUT2D eigenvalue weighted by molar-refractivity contribution is -0.150.